The predicted molar refractivity (Wildman–Crippen MR) is 105 cm³/mol. The maximum Gasteiger partial charge on any atom is 0.153 e. The topological polar surface area (TPSA) is 51.6 Å². The van der Waals surface area contributed by atoms with Gasteiger partial charge in [0.2, 0.25) is 0 Å². The van der Waals surface area contributed by atoms with Gasteiger partial charge in [0.1, 0.15) is 17.2 Å². The van der Waals surface area contributed by atoms with Gasteiger partial charge in [-0.25, -0.2) is 9.37 Å². The summed E-state index contributed by atoms with van der Waals surface area (Å²) in [5, 5.41) is 10.2. The van der Waals surface area contributed by atoms with Gasteiger partial charge in [-0.3, -0.25) is 0 Å². The Balaban J connectivity index is 1.34. The molecule has 2 atom stereocenters. The molecule has 27 heavy (non-hydrogen) atoms. The van der Waals surface area contributed by atoms with E-state index in [2.05, 4.69) is 16.7 Å². The standard InChI is InChI=1S/C21H24FNO3S/c22-20-9-17(24)10-23-21(20)14-1-3-18(4-2-14)26-12-16-11-25-8-7-15(16)13-27-19-5-6-19/h1-4,9-10,15-16,19,24H,5-8,11-13H2/t15?,16-/m1/s1. The lowest BCUT2D eigenvalue weighted by atomic mass is 9.91. The zero-order chi connectivity index (χ0) is 18.6. The zero-order valence-corrected chi connectivity index (χ0v) is 16.0. The Morgan fingerprint density at radius 2 is 2.00 bits per heavy atom. The second kappa shape index (κ2) is 8.48. The number of thioether (sulfide) groups is 1. The smallest absolute Gasteiger partial charge is 0.153 e. The molecule has 2 aliphatic rings. The van der Waals surface area contributed by atoms with E-state index in [1.807, 2.05) is 12.1 Å². The van der Waals surface area contributed by atoms with Gasteiger partial charge in [-0.15, -0.1) is 0 Å². The van der Waals surface area contributed by atoms with E-state index in [4.69, 9.17) is 9.47 Å². The third-order valence-electron chi connectivity index (χ3n) is 5.12. The number of ether oxygens (including phenoxy) is 2. The Hall–Kier alpha value is -1.79. The summed E-state index contributed by atoms with van der Waals surface area (Å²) in [4.78, 5) is 3.96. The van der Waals surface area contributed by atoms with Crippen LogP contribution < -0.4 is 4.74 Å². The number of hydrogen-bond acceptors (Lipinski definition) is 5. The lowest BCUT2D eigenvalue weighted by molar-refractivity contribution is 0.00493. The fourth-order valence-corrected chi connectivity index (χ4v) is 4.72. The molecule has 4 rings (SSSR count). The van der Waals surface area contributed by atoms with Crippen LogP contribution >= 0.6 is 11.8 Å². The summed E-state index contributed by atoms with van der Waals surface area (Å²) >= 11 is 2.10. The molecule has 1 N–H and O–H groups in total. The lowest BCUT2D eigenvalue weighted by Crippen LogP contribution is -2.33. The van der Waals surface area contributed by atoms with E-state index in [-0.39, 0.29) is 11.4 Å². The summed E-state index contributed by atoms with van der Waals surface area (Å²) in [7, 11) is 0. The third kappa shape index (κ3) is 4.93. The number of aromatic nitrogens is 1. The number of aromatic hydroxyl groups is 1. The average Bonchev–Trinajstić information content (AvgIpc) is 3.50. The highest BCUT2D eigenvalue weighted by Gasteiger charge is 2.29. The molecule has 1 aromatic heterocycles. The van der Waals surface area contributed by atoms with Crippen LogP contribution in [-0.4, -0.2) is 40.9 Å². The van der Waals surface area contributed by atoms with Gasteiger partial charge in [0.25, 0.3) is 0 Å². The fourth-order valence-electron chi connectivity index (χ4n) is 3.29. The molecular weight excluding hydrogens is 365 g/mol. The minimum absolute atomic E-state index is 0.180. The van der Waals surface area contributed by atoms with Crippen molar-refractivity contribution in [3.05, 3.63) is 42.3 Å². The SMILES string of the molecule is Oc1cnc(-c2ccc(OC[C@H]3COCCC3CSC3CC3)cc2)c(F)c1. The zero-order valence-electron chi connectivity index (χ0n) is 15.1. The van der Waals surface area contributed by atoms with Crippen molar-refractivity contribution in [3.63, 3.8) is 0 Å². The van der Waals surface area contributed by atoms with E-state index in [1.54, 1.807) is 12.1 Å². The van der Waals surface area contributed by atoms with Crippen LogP contribution in [-0.2, 0) is 4.74 Å². The van der Waals surface area contributed by atoms with E-state index in [1.165, 1.54) is 24.8 Å². The van der Waals surface area contributed by atoms with Gasteiger partial charge < -0.3 is 14.6 Å². The first kappa shape index (κ1) is 18.6. The second-order valence-electron chi connectivity index (χ2n) is 7.28. The van der Waals surface area contributed by atoms with E-state index < -0.39 is 5.82 Å². The molecule has 4 nitrogen and oxygen atoms in total. The van der Waals surface area contributed by atoms with E-state index in [0.29, 0.717) is 24.0 Å². The van der Waals surface area contributed by atoms with Crippen LogP contribution in [0.3, 0.4) is 0 Å². The van der Waals surface area contributed by atoms with Gasteiger partial charge in [0.05, 0.1) is 19.4 Å². The molecule has 0 spiro atoms. The third-order valence-corrected chi connectivity index (χ3v) is 6.68. The van der Waals surface area contributed by atoms with Gasteiger partial charge in [0.15, 0.2) is 5.82 Å². The van der Waals surface area contributed by atoms with Crippen LogP contribution in [0.5, 0.6) is 11.5 Å². The van der Waals surface area contributed by atoms with Gasteiger partial charge in [-0.05, 0) is 55.2 Å². The highest BCUT2D eigenvalue weighted by molar-refractivity contribution is 8.00. The van der Waals surface area contributed by atoms with Crippen molar-refractivity contribution in [2.45, 2.75) is 24.5 Å². The molecule has 2 heterocycles. The minimum Gasteiger partial charge on any atom is -0.506 e. The number of pyridine rings is 1. The van der Waals surface area contributed by atoms with Crippen molar-refractivity contribution in [2.24, 2.45) is 11.8 Å². The van der Waals surface area contributed by atoms with Crippen LogP contribution in [0.1, 0.15) is 19.3 Å². The molecule has 1 saturated carbocycles. The van der Waals surface area contributed by atoms with E-state index in [0.717, 1.165) is 36.7 Å². The van der Waals surface area contributed by atoms with Crippen molar-refractivity contribution in [1.82, 2.24) is 4.98 Å². The maximum absolute atomic E-state index is 13.9. The molecule has 1 aliphatic carbocycles. The van der Waals surface area contributed by atoms with Crippen LogP contribution in [0, 0.1) is 17.7 Å². The van der Waals surface area contributed by atoms with Crippen molar-refractivity contribution in [3.8, 4) is 22.8 Å². The summed E-state index contributed by atoms with van der Waals surface area (Å²) in [6.45, 7) is 2.25. The van der Waals surface area contributed by atoms with Crippen molar-refractivity contribution in [1.29, 1.82) is 0 Å². The number of benzene rings is 1. The Labute approximate surface area is 163 Å². The Morgan fingerprint density at radius 1 is 1.19 bits per heavy atom. The molecule has 1 aromatic carbocycles. The van der Waals surface area contributed by atoms with Crippen LogP contribution in [0.4, 0.5) is 4.39 Å². The summed E-state index contributed by atoms with van der Waals surface area (Å²) in [6, 6.07) is 8.31. The molecule has 1 saturated heterocycles. The number of hydrogen-bond donors (Lipinski definition) is 1. The van der Waals surface area contributed by atoms with Gasteiger partial charge in [0, 0.05) is 29.4 Å². The van der Waals surface area contributed by atoms with Crippen molar-refractivity contribution < 1.29 is 19.0 Å². The average molecular weight is 389 g/mol. The molecule has 2 fully saturated rings. The normalized spacial score (nSPS) is 22.6. The maximum atomic E-state index is 13.9. The molecule has 1 aliphatic heterocycles. The van der Waals surface area contributed by atoms with Gasteiger partial charge in [-0.2, -0.15) is 11.8 Å². The number of nitrogens with zero attached hydrogens (tertiary/aromatic N) is 1. The van der Waals surface area contributed by atoms with Gasteiger partial charge in [-0.1, -0.05) is 0 Å². The number of halogens is 1. The minimum atomic E-state index is -0.543. The van der Waals surface area contributed by atoms with Crippen molar-refractivity contribution in [2.75, 3.05) is 25.6 Å². The van der Waals surface area contributed by atoms with Gasteiger partial charge >= 0.3 is 0 Å². The molecule has 0 amide bonds. The quantitative estimate of drug-likeness (QED) is 0.755. The summed E-state index contributed by atoms with van der Waals surface area (Å²) < 4.78 is 25.6. The lowest BCUT2D eigenvalue weighted by Gasteiger charge is -2.31. The Bertz CT molecular complexity index is 767. The largest absolute Gasteiger partial charge is 0.506 e. The first-order chi connectivity index (χ1) is 13.2. The van der Waals surface area contributed by atoms with Crippen LogP contribution in [0.2, 0.25) is 0 Å². The number of rotatable bonds is 7. The monoisotopic (exact) mass is 389 g/mol. The highest BCUT2D eigenvalue weighted by atomic mass is 32.2. The van der Waals surface area contributed by atoms with Crippen LogP contribution in [0.15, 0.2) is 36.5 Å². The summed E-state index contributed by atoms with van der Waals surface area (Å²) in [6.07, 6.45) is 5.10. The molecule has 0 radical (unpaired) electrons. The molecule has 1 unspecified atom stereocenters. The Morgan fingerprint density at radius 3 is 2.74 bits per heavy atom. The molecule has 144 valence electrons. The first-order valence-corrected chi connectivity index (χ1v) is 10.5. The fraction of sp³-hybridized carbons (Fsp3) is 0.476. The van der Waals surface area contributed by atoms with Crippen molar-refractivity contribution >= 4 is 11.8 Å². The van der Waals surface area contributed by atoms with E-state index in [9.17, 15) is 9.50 Å². The molecular formula is C21H24FNO3S. The molecule has 6 heteroatoms. The summed E-state index contributed by atoms with van der Waals surface area (Å²) in [5.74, 6) is 2.31. The predicted octanol–water partition coefficient (Wildman–Crippen LogP) is 4.52. The molecule has 2 aromatic rings. The highest BCUT2D eigenvalue weighted by Crippen LogP contribution is 2.37. The molecule has 0 bridgehead atoms. The Kier molecular flexibility index (Phi) is 5.83. The van der Waals surface area contributed by atoms with Crippen LogP contribution in [0.25, 0.3) is 11.3 Å². The van der Waals surface area contributed by atoms with E-state index >= 15 is 0 Å². The first-order valence-electron chi connectivity index (χ1n) is 9.46. The summed E-state index contributed by atoms with van der Waals surface area (Å²) in [5.41, 5.74) is 0.872. The second-order valence-corrected chi connectivity index (χ2v) is 8.61.